The highest BCUT2D eigenvalue weighted by Crippen LogP contribution is 2.29. The Bertz CT molecular complexity index is 1320. The van der Waals surface area contributed by atoms with Gasteiger partial charge in [-0.25, -0.2) is 4.98 Å². The maximum atomic E-state index is 13.4. The molecule has 0 unspecified atom stereocenters. The first kappa shape index (κ1) is 20.7. The number of nitrogens with one attached hydrogen (secondary N) is 1. The predicted octanol–water partition coefficient (Wildman–Crippen LogP) is 4.58. The summed E-state index contributed by atoms with van der Waals surface area (Å²) in [4.78, 5) is 32.0. The molecule has 0 spiro atoms. The van der Waals surface area contributed by atoms with Crippen LogP contribution in [0.15, 0.2) is 85.2 Å². The fourth-order valence-corrected chi connectivity index (χ4v) is 4.19. The van der Waals surface area contributed by atoms with E-state index in [1.54, 1.807) is 17.0 Å². The van der Waals surface area contributed by atoms with Crippen molar-refractivity contribution >= 4 is 23.3 Å². The van der Waals surface area contributed by atoms with Crippen LogP contribution in [0.3, 0.4) is 0 Å². The molecule has 0 atom stereocenters. The number of para-hydroxylation sites is 1. The van der Waals surface area contributed by atoms with E-state index in [2.05, 4.69) is 20.9 Å². The zero-order chi connectivity index (χ0) is 22.8. The zero-order valence-electron chi connectivity index (χ0n) is 18.4. The number of nitrogens with zero attached hydrogens (tertiary/aromatic N) is 3. The molecule has 5 rings (SSSR count). The third-order valence-corrected chi connectivity index (χ3v) is 6.00. The minimum absolute atomic E-state index is 0.123. The van der Waals surface area contributed by atoms with Crippen LogP contribution in [0.4, 0.5) is 11.5 Å². The lowest BCUT2D eigenvalue weighted by Gasteiger charge is -2.22. The third kappa shape index (κ3) is 4.28. The summed E-state index contributed by atoms with van der Waals surface area (Å²) >= 11 is 0. The fraction of sp³-hybridized carbons (Fsp3) is 0.148. The summed E-state index contributed by atoms with van der Waals surface area (Å²) in [6, 6.07) is 23.2. The molecule has 3 heterocycles. The molecular formula is C27H24N4O2. The minimum Gasteiger partial charge on any atom is -0.345 e. The van der Waals surface area contributed by atoms with Crippen LogP contribution in [0.25, 0.3) is 0 Å². The minimum atomic E-state index is -0.141. The molecule has 0 aliphatic carbocycles. The zero-order valence-corrected chi connectivity index (χ0v) is 18.4. The van der Waals surface area contributed by atoms with Crippen molar-refractivity contribution in [3.63, 3.8) is 0 Å². The first-order valence-corrected chi connectivity index (χ1v) is 10.9. The van der Waals surface area contributed by atoms with Crippen molar-refractivity contribution in [1.82, 2.24) is 9.55 Å². The Morgan fingerprint density at radius 2 is 1.76 bits per heavy atom. The number of benzene rings is 2. The molecule has 1 aliphatic heterocycles. The summed E-state index contributed by atoms with van der Waals surface area (Å²) in [7, 11) is 0. The van der Waals surface area contributed by atoms with E-state index in [-0.39, 0.29) is 18.2 Å². The second kappa shape index (κ2) is 8.74. The van der Waals surface area contributed by atoms with Gasteiger partial charge < -0.3 is 14.8 Å². The van der Waals surface area contributed by atoms with Crippen molar-refractivity contribution < 1.29 is 9.59 Å². The summed E-state index contributed by atoms with van der Waals surface area (Å²) in [5, 5.41) is 2.82. The van der Waals surface area contributed by atoms with Crippen LogP contribution < -0.4 is 10.2 Å². The first-order valence-electron chi connectivity index (χ1n) is 10.9. The normalized spacial score (nSPS) is 12.5. The van der Waals surface area contributed by atoms with Crippen molar-refractivity contribution in [2.75, 3.05) is 10.2 Å². The van der Waals surface area contributed by atoms with Gasteiger partial charge in [0.05, 0.1) is 18.5 Å². The number of carbonyl (C=O) groups is 2. The van der Waals surface area contributed by atoms with E-state index < -0.39 is 0 Å². The molecule has 2 amide bonds. The molecule has 0 fully saturated rings. The number of hydrogen-bond acceptors (Lipinski definition) is 3. The first-order chi connectivity index (χ1) is 16.1. The summed E-state index contributed by atoms with van der Waals surface area (Å²) in [5.74, 6) is 0.163. The number of amides is 2. The highest BCUT2D eigenvalue weighted by Gasteiger charge is 2.25. The van der Waals surface area contributed by atoms with E-state index >= 15 is 0 Å². The van der Waals surface area contributed by atoms with Gasteiger partial charge in [0.25, 0.3) is 5.91 Å². The molecule has 6 nitrogen and oxygen atoms in total. The second-order valence-electron chi connectivity index (χ2n) is 8.23. The molecule has 0 bridgehead atoms. The Labute approximate surface area is 192 Å². The van der Waals surface area contributed by atoms with E-state index in [0.29, 0.717) is 17.9 Å². The maximum absolute atomic E-state index is 13.4. The predicted molar refractivity (Wildman–Crippen MR) is 128 cm³/mol. The summed E-state index contributed by atoms with van der Waals surface area (Å²) in [5.41, 5.74) is 5.60. The van der Waals surface area contributed by atoms with Crippen molar-refractivity contribution in [1.29, 1.82) is 0 Å². The van der Waals surface area contributed by atoms with Gasteiger partial charge >= 0.3 is 0 Å². The standard InChI is InChI=1S/C27H24N4O2/c1-19-7-2-3-8-20(19)15-26(32)29-25-13-12-21(16-28-25)27(33)31-18-23-10-6-14-30(23)17-22-9-4-5-11-24(22)31/h2-14,16H,15,17-18H2,1H3,(H,28,29,32). The SMILES string of the molecule is Cc1ccccc1CC(=O)Nc1ccc(C(=O)N2Cc3cccn3Cc3ccccc32)cn1. The molecule has 2 aromatic carbocycles. The Kier molecular flexibility index (Phi) is 5.48. The van der Waals surface area contributed by atoms with E-state index in [4.69, 9.17) is 0 Å². The van der Waals surface area contributed by atoms with Crippen LogP contribution >= 0.6 is 0 Å². The highest BCUT2D eigenvalue weighted by molar-refractivity contribution is 6.06. The number of carbonyl (C=O) groups excluding carboxylic acids is 2. The number of aromatic nitrogens is 2. The summed E-state index contributed by atoms with van der Waals surface area (Å²) < 4.78 is 2.16. The lowest BCUT2D eigenvalue weighted by Crippen LogP contribution is -2.30. The number of hydrogen-bond donors (Lipinski definition) is 1. The Hall–Kier alpha value is -4.19. The molecule has 1 aliphatic rings. The second-order valence-corrected chi connectivity index (χ2v) is 8.23. The van der Waals surface area contributed by atoms with Gasteiger partial charge in [0, 0.05) is 30.3 Å². The van der Waals surface area contributed by atoms with Gasteiger partial charge in [-0.3, -0.25) is 9.59 Å². The van der Waals surface area contributed by atoms with Crippen LogP contribution in [-0.4, -0.2) is 21.4 Å². The number of pyridine rings is 1. The van der Waals surface area contributed by atoms with E-state index in [9.17, 15) is 9.59 Å². The Balaban J connectivity index is 1.33. The molecule has 33 heavy (non-hydrogen) atoms. The average molecular weight is 437 g/mol. The van der Waals surface area contributed by atoms with Gasteiger partial charge in [-0.15, -0.1) is 0 Å². The molecule has 6 heteroatoms. The Morgan fingerprint density at radius 3 is 2.58 bits per heavy atom. The number of rotatable bonds is 4. The molecule has 0 saturated heterocycles. The number of fused-ring (bicyclic) bond motifs is 2. The molecule has 0 saturated carbocycles. The van der Waals surface area contributed by atoms with E-state index in [1.807, 2.05) is 67.7 Å². The molecule has 0 radical (unpaired) electrons. The summed E-state index contributed by atoms with van der Waals surface area (Å²) in [6.07, 6.45) is 3.84. The monoisotopic (exact) mass is 436 g/mol. The Morgan fingerprint density at radius 1 is 0.939 bits per heavy atom. The molecular weight excluding hydrogens is 412 g/mol. The molecule has 164 valence electrons. The van der Waals surface area contributed by atoms with Crippen LogP contribution in [0.1, 0.15) is 32.7 Å². The molecule has 2 aromatic heterocycles. The molecule has 4 aromatic rings. The van der Waals surface area contributed by atoms with Crippen molar-refractivity contribution in [2.24, 2.45) is 0 Å². The topological polar surface area (TPSA) is 67.2 Å². The van der Waals surface area contributed by atoms with Gasteiger partial charge in [-0.2, -0.15) is 0 Å². The largest absolute Gasteiger partial charge is 0.345 e. The van der Waals surface area contributed by atoms with Gasteiger partial charge in [0.15, 0.2) is 0 Å². The number of anilines is 2. The van der Waals surface area contributed by atoms with Gasteiger partial charge in [0.2, 0.25) is 5.91 Å². The van der Waals surface area contributed by atoms with E-state index in [1.165, 1.54) is 6.20 Å². The third-order valence-electron chi connectivity index (χ3n) is 6.00. The lowest BCUT2D eigenvalue weighted by atomic mass is 10.1. The van der Waals surface area contributed by atoms with Crippen LogP contribution in [-0.2, 0) is 24.3 Å². The quantitative estimate of drug-likeness (QED) is 0.509. The van der Waals surface area contributed by atoms with Gasteiger partial charge in [0.1, 0.15) is 5.82 Å². The van der Waals surface area contributed by atoms with Crippen LogP contribution in [0.5, 0.6) is 0 Å². The highest BCUT2D eigenvalue weighted by atomic mass is 16.2. The van der Waals surface area contributed by atoms with Crippen LogP contribution in [0.2, 0.25) is 0 Å². The summed E-state index contributed by atoms with van der Waals surface area (Å²) in [6.45, 7) is 3.20. The van der Waals surface area contributed by atoms with Crippen molar-refractivity contribution in [3.05, 3.63) is 113 Å². The van der Waals surface area contributed by atoms with Crippen LogP contribution in [0, 0.1) is 6.92 Å². The lowest BCUT2D eigenvalue weighted by molar-refractivity contribution is -0.115. The van der Waals surface area contributed by atoms with Gasteiger partial charge in [-0.1, -0.05) is 42.5 Å². The van der Waals surface area contributed by atoms with Gasteiger partial charge in [-0.05, 0) is 53.9 Å². The fourth-order valence-electron chi connectivity index (χ4n) is 4.19. The molecule has 1 N–H and O–H groups in total. The van der Waals surface area contributed by atoms with E-state index in [0.717, 1.165) is 34.6 Å². The maximum Gasteiger partial charge on any atom is 0.260 e. The smallest absolute Gasteiger partial charge is 0.260 e. The average Bonchev–Trinajstić information content (AvgIpc) is 3.19. The van der Waals surface area contributed by atoms with Crippen molar-refractivity contribution in [3.8, 4) is 0 Å². The van der Waals surface area contributed by atoms with Crippen molar-refractivity contribution in [2.45, 2.75) is 26.4 Å². The number of aryl methyl sites for hydroxylation is 1.